The van der Waals surface area contributed by atoms with Gasteiger partial charge in [0, 0.05) is 15.5 Å². The highest BCUT2D eigenvalue weighted by atomic mass is 79.9. The van der Waals surface area contributed by atoms with Crippen LogP contribution >= 0.6 is 15.9 Å². The van der Waals surface area contributed by atoms with Crippen LogP contribution in [0.1, 0.15) is 5.56 Å². The minimum atomic E-state index is 0.750. The van der Waals surface area contributed by atoms with Gasteiger partial charge >= 0.3 is 0 Å². The van der Waals surface area contributed by atoms with Crippen molar-refractivity contribution in [2.75, 3.05) is 5.73 Å². The Morgan fingerprint density at radius 2 is 1.89 bits per heavy atom. The van der Waals surface area contributed by atoms with Crippen LogP contribution in [0.25, 0.3) is 10.9 Å². The highest BCUT2D eigenvalue weighted by molar-refractivity contribution is 9.10. The first kappa shape index (κ1) is 11.3. The van der Waals surface area contributed by atoms with Crippen molar-refractivity contribution in [2.24, 2.45) is 0 Å². The molecule has 0 radical (unpaired) electrons. The number of fused-ring (bicyclic) bond motifs is 1. The topological polar surface area (TPSA) is 43.8 Å². The van der Waals surface area contributed by atoms with E-state index in [0.29, 0.717) is 0 Å². The number of nitrogens with two attached hydrogens (primary N) is 1. The zero-order chi connectivity index (χ0) is 12.5. The predicted octanol–water partition coefficient (Wildman–Crippen LogP) is 3.43. The van der Waals surface area contributed by atoms with E-state index in [4.69, 9.17) is 5.73 Å². The first-order chi connectivity index (χ1) is 8.72. The molecule has 3 nitrogen and oxygen atoms in total. The molecule has 0 aliphatic carbocycles. The van der Waals surface area contributed by atoms with E-state index in [-0.39, 0.29) is 0 Å². The number of hydrogen-bond donors (Lipinski definition) is 1. The number of hydrogen-bond acceptors (Lipinski definition) is 2. The third-order valence-corrected chi connectivity index (χ3v) is 3.44. The number of nitrogen functional groups attached to an aromatic ring is 1. The molecule has 18 heavy (non-hydrogen) atoms. The van der Waals surface area contributed by atoms with Gasteiger partial charge in [-0.15, -0.1) is 0 Å². The molecule has 0 aliphatic heterocycles. The van der Waals surface area contributed by atoms with Crippen LogP contribution in [0.4, 0.5) is 5.69 Å². The van der Waals surface area contributed by atoms with Crippen LogP contribution in [0, 0.1) is 0 Å². The smallest absolute Gasteiger partial charge is 0.0706 e. The van der Waals surface area contributed by atoms with Crippen molar-refractivity contribution in [3.05, 3.63) is 58.7 Å². The lowest BCUT2D eigenvalue weighted by molar-refractivity contribution is 0.712. The normalized spacial score (nSPS) is 10.9. The summed E-state index contributed by atoms with van der Waals surface area (Å²) in [5.74, 6) is 0. The van der Waals surface area contributed by atoms with Crippen molar-refractivity contribution in [1.29, 1.82) is 0 Å². The largest absolute Gasteiger partial charge is 0.399 e. The number of nitrogens with zero attached hydrogens (tertiary/aromatic N) is 2. The number of benzene rings is 2. The molecular formula is C14H12BrN3. The van der Waals surface area contributed by atoms with Crippen LogP contribution in [-0.4, -0.2) is 9.78 Å². The molecule has 3 rings (SSSR count). The molecule has 0 saturated heterocycles. The second-order valence-electron chi connectivity index (χ2n) is 4.25. The van der Waals surface area contributed by atoms with Gasteiger partial charge < -0.3 is 5.73 Å². The zero-order valence-corrected chi connectivity index (χ0v) is 11.3. The van der Waals surface area contributed by atoms with Gasteiger partial charge in [-0.1, -0.05) is 28.1 Å². The number of rotatable bonds is 2. The van der Waals surface area contributed by atoms with Crippen molar-refractivity contribution >= 4 is 32.5 Å². The van der Waals surface area contributed by atoms with Crippen molar-refractivity contribution in [3.63, 3.8) is 0 Å². The van der Waals surface area contributed by atoms with Crippen LogP contribution < -0.4 is 5.73 Å². The maximum absolute atomic E-state index is 5.82. The van der Waals surface area contributed by atoms with E-state index in [1.54, 1.807) is 0 Å². The van der Waals surface area contributed by atoms with E-state index in [2.05, 4.69) is 33.2 Å². The molecule has 2 N–H and O–H groups in total. The Kier molecular flexibility index (Phi) is 2.80. The predicted molar refractivity (Wildman–Crippen MR) is 77.4 cm³/mol. The first-order valence-corrected chi connectivity index (χ1v) is 6.47. The molecule has 3 aromatic rings. The lowest BCUT2D eigenvalue weighted by Gasteiger charge is -2.04. The van der Waals surface area contributed by atoms with Crippen molar-refractivity contribution < 1.29 is 0 Å². The Balaban J connectivity index is 1.99. The zero-order valence-electron chi connectivity index (χ0n) is 9.68. The van der Waals surface area contributed by atoms with Gasteiger partial charge in [-0.3, -0.25) is 4.68 Å². The van der Waals surface area contributed by atoms with Crippen molar-refractivity contribution in [2.45, 2.75) is 6.54 Å². The highest BCUT2D eigenvalue weighted by Gasteiger charge is 2.03. The third kappa shape index (κ3) is 2.11. The van der Waals surface area contributed by atoms with Gasteiger partial charge in [-0.25, -0.2) is 0 Å². The van der Waals surface area contributed by atoms with Gasteiger partial charge in [-0.05, 0) is 35.9 Å². The van der Waals surface area contributed by atoms with Gasteiger partial charge in [0.15, 0.2) is 0 Å². The van der Waals surface area contributed by atoms with Crippen LogP contribution in [0.2, 0.25) is 0 Å². The molecule has 1 aromatic heterocycles. The average molecular weight is 302 g/mol. The van der Waals surface area contributed by atoms with Crippen molar-refractivity contribution in [1.82, 2.24) is 9.78 Å². The van der Waals surface area contributed by atoms with Gasteiger partial charge in [-0.2, -0.15) is 5.10 Å². The fourth-order valence-electron chi connectivity index (χ4n) is 1.98. The Hall–Kier alpha value is -1.81. The van der Waals surface area contributed by atoms with Gasteiger partial charge in [0.2, 0.25) is 0 Å². The van der Waals surface area contributed by atoms with Crippen LogP contribution in [0.15, 0.2) is 53.1 Å². The summed E-state index contributed by atoms with van der Waals surface area (Å²) in [5.41, 5.74) is 8.86. The van der Waals surface area contributed by atoms with E-state index >= 15 is 0 Å². The molecule has 4 heteroatoms. The molecule has 0 spiro atoms. The molecule has 1 heterocycles. The van der Waals surface area contributed by atoms with E-state index in [1.807, 2.05) is 41.2 Å². The monoisotopic (exact) mass is 301 g/mol. The van der Waals surface area contributed by atoms with Gasteiger partial charge in [0.1, 0.15) is 0 Å². The van der Waals surface area contributed by atoms with Crippen LogP contribution in [-0.2, 0) is 6.54 Å². The molecule has 90 valence electrons. The maximum Gasteiger partial charge on any atom is 0.0706 e. The molecule has 0 fully saturated rings. The summed E-state index contributed by atoms with van der Waals surface area (Å²) < 4.78 is 3.05. The summed E-state index contributed by atoms with van der Waals surface area (Å²) in [6, 6.07) is 14.1. The lowest BCUT2D eigenvalue weighted by Crippen LogP contribution is -2.01. The molecule has 0 aliphatic rings. The third-order valence-electron chi connectivity index (χ3n) is 2.91. The molecule has 2 aromatic carbocycles. The van der Waals surface area contributed by atoms with Gasteiger partial charge in [0.25, 0.3) is 0 Å². The average Bonchev–Trinajstić information content (AvgIpc) is 2.75. The fraction of sp³-hybridized carbons (Fsp3) is 0.0714. The van der Waals surface area contributed by atoms with Gasteiger partial charge in [0.05, 0.1) is 18.3 Å². The van der Waals surface area contributed by atoms with E-state index < -0.39 is 0 Å². The summed E-state index contributed by atoms with van der Waals surface area (Å²) >= 11 is 3.43. The molecule has 0 bridgehead atoms. The summed E-state index contributed by atoms with van der Waals surface area (Å²) in [4.78, 5) is 0. The first-order valence-electron chi connectivity index (χ1n) is 5.68. The summed E-state index contributed by atoms with van der Waals surface area (Å²) in [6.45, 7) is 0.750. The SMILES string of the molecule is Nc1ccc2cnn(Cc3ccc(Br)cc3)c2c1. The van der Waals surface area contributed by atoms with Crippen LogP contribution in [0.5, 0.6) is 0 Å². The minimum Gasteiger partial charge on any atom is -0.399 e. The number of halogens is 1. The minimum absolute atomic E-state index is 0.750. The number of anilines is 1. The van der Waals surface area contributed by atoms with E-state index in [1.165, 1.54) is 5.56 Å². The molecule has 0 unspecified atom stereocenters. The molecule has 0 saturated carbocycles. The number of aromatic nitrogens is 2. The summed E-state index contributed by atoms with van der Waals surface area (Å²) in [6.07, 6.45) is 1.87. The molecule has 0 atom stereocenters. The Morgan fingerprint density at radius 3 is 2.67 bits per heavy atom. The Labute approximate surface area is 113 Å². The van der Waals surface area contributed by atoms with E-state index in [0.717, 1.165) is 27.6 Å². The second kappa shape index (κ2) is 4.46. The standard InChI is InChI=1S/C14H12BrN3/c15-12-4-1-10(2-5-12)9-18-14-7-13(16)6-3-11(14)8-17-18/h1-8H,9,16H2. The fourth-order valence-corrected chi connectivity index (χ4v) is 2.24. The van der Waals surface area contributed by atoms with Crippen LogP contribution in [0.3, 0.4) is 0 Å². The molecule has 0 amide bonds. The Morgan fingerprint density at radius 1 is 1.11 bits per heavy atom. The quantitative estimate of drug-likeness (QED) is 0.737. The lowest BCUT2D eigenvalue weighted by atomic mass is 10.2. The molecular weight excluding hydrogens is 290 g/mol. The Bertz CT molecular complexity index is 686. The summed E-state index contributed by atoms with van der Waals surface area (Å²) in [5, 5.41) is 5.52. The summed E-state index contributed by atoms with van der Waals surface area (Å²) in [7, 11) is 0. The highest BCUT2D eigenvalue weighted by Crippen LogP contribution is 2.18. The van der Waals surface area contributed by atoms with E-state index in [9.17, 15) is 0 Å². The van der Waals surface area contributed by atoms with Crippen molar-refractivity contribution in [3.8, 4) is 0 Å². The maximum atomic E-state index is 5.82. The second-order valence-corrected chi connectivity index (χ2v) is 5.16.